The van der Waals surface area contributed by atoms with Crippen molar-refractivity contribution >= 4 is 44.5 Å². The predicted molar refractivity (Wildman–Crippen MR) is 105 cm³/mol. The second-order valence-electron chi connectivity index (χ2n) is 6.17. The van der Waals surface area contributed by atoms with E-state index in [1.807, 2.05) is 6.07 Å². The standard InChI is InChI=1S/C20H11BrN4O2/c21-12-7-11(9-22-10-12)18-23-16-6-5-13(8-17(16)24-18)25-19(26)14-3-1-2-4-15(14)20(25)27/h1-10H,(H,23,24). The molecule has 0 bridgehead atoms. The van der Waals surface area contributed by atoms with Crippen LogP contribution in [0.1, 0.15) is 20.7 Å². The quantitative estimate of drug-likeness (QED) is 0.495. The number of pyridine rings is 1. The molecule has 2 aromatic carbocycles. The summed E-state index contributed by atoms with van der Waals surface area (Å²) >= 11 is 3.40. The molecule has 0 radical (unpaired) electrons. The van der Waals surface area contributed by atoms with E-state index in [0.29, 0.717) is 22.6 Å². The average Bonchev–Trinajstić information content (AvgIpc) is 3.21. The van der Waals surface area contributed by atoms with Gasteiger partial charge in [0.15, 0.2) is 0 Å². The molecule has 0 unspecified atom stereocenters. The average molecular weight is 419 g/mol. The van der Waals surface area contributed by atoms with Crippen LogP contribution in [0.5, 0.6) is 0 Å². The number of nitrogens with one attached hydrogen (secondary N) is 1. The van der Waals surface area contributed by atoms with E-state index in [9.17, 15) is 9.59 Å². The molecule has 0 fully saturated rings. The Morgan fingerprint density at radius 3 is 2.37 bits per heavy atom. The molecule has 130 valence electrons. The van der Waals surface area contributed by atoms with Crippen LogP contribution in [0, 0.1) is 0 Å². The third kappa shape index (κ3) is 2.47. The second-order valence-corrected chi connectivity index (χ2v) is 7.09. The van der Waals surface area contributed by atoms with Crippen LogP contribution in [-0.4, -0.2) is 26.8 Å². The van der Waals surface area contributed by atoms with Crippen molar-refractivity contribution in [1.82, 2.24) is 15.0 Å². The number of carbonyl (C=O) groups is 2. The Balaban J connectivity index is 1.58. The zero-order valence-corrected chi connectivity index (χ0v) is 15.4. The molecule has 1 N–H and O–H groups in total. The van der Waals surface area contributed by atoms with Crippen LogP contribution in [-0.2, 0) is 0 Å². The number of H-pyrrole nitrogens is 1. The van der Waals surface area contributed by atoms with Gasteiger partial charge >= 0.3 is 0 Å². The maximum Gasteiger partial charge on any atom is 0.266 e. The molecule has 7 heteroatoms. The molecular weight excluding hydrogens is 408 g/mol. The predicted octanol–water partition coefficient (Wildman–Crippen LogP) is 4.19. The molecular formula is C20H11BrN4O2. The van der Waals surface area contributed by atoms with Crippen LogP contribution in [0.4, 0.5) is 5.69 Å². The van der Waals surface area contributed by atoms with E-state index in [1.165, 1.54) is 4.90 Å². The van der Waals surface area contributed by atoms with Crippen molar-refractivity contribution in [2.45, 2.75) is 0 Å². The number of aromatic nitrogens is 3. The number of fused-ring (bicyclic) bond motifs is 2. The Morgan fingerprint density at radius 1 is 0.926 bits per heavy atom. The summed E-state index contributed by atoms with van der Waals surface area (Å²) in [4.78, 5) is 38.5. The lowest BCUT2D eigenvalue weighted by atomic mass is 10.1. The van der Waals surface area contributed by atoms with Crippen molar-refractivity contribution in [3.63, 3.8) is 0 Å². The fourth-order valence-corrected chi connectivity index (χ4v) is 3.60. The van der Waals surface area contributed by atoms with Gasteiger partial charge in [-0.25, -0.2) is 9.88 Å². The van der Waals surface area contributed by atoms with Crippen molar-refractivity contribution in [3.05, 3.63) is 76.5 Å². The Morgan fingerprint density at radius 2 is 1.67 bits per heavy atom. The van der Waals surface area contributed by atoms with Gasteiger partial charge in [-0.2, -0.15) is 0 Å². The number of nitrogens with zero attached hydrogens (tertiary/aromatic N) is 3. The van der Waals surface area contributed by atoms with Gasteiger partial charge < -0.3 is 4.98 Å². The van der Waals surface area contributed by atoms with Gasteiger partial charge in [-0.15, -0.1) is 0 Å². The molecule has 2 aromatic heterocycles. The molecule has 0 aliphatic carbocycles. The van der Waals surface area contributed by atoms with E-state index in [2.05, 4.69) is 30.9 Å². The minimum atomic E-state index is -0.314. The van der Waals surface area contributed by atoms with Crippen LogP contribution in [0.2, 0.25) is 0 Å². The fourth-order valence-electron chi connectivity index (χ4n) is 3.24. The first-order valence-electron chi connectivity index (χ1n) is 8.20. The van der Waals surface area contributed by atoms with Gasteiger partial charge in [-0.3, -0.25) is 14.6 Å². The first-order valence-corrected chi connectivity index (χ1v) is 8.99. The Hall–Kier alpha value is -3.32. The molecule has 4 aromatic rings. The van der Waals surface area contributed by atoms with E-state index in [-0.39, 0.29) is 11.8 Å². The maximum atomic E-state index is 12.7. The number of aromatic amines is 1. The first-order chi connectivity index (χ1) is 13.1. The molecule has 2 amide bonds. The Labute approximate surface area is 162 Å². The number of hydrogen-bond acceptors (Lipinski definition) is 4. The third-order valence-electron chi connectivity index (χ3n) is 4.50. The molecule has 6 nitrogen and oxygen atoms in total. The normalized spacial score (nSPS) is 13.4. The van der Waals surface area contributed by atoms with E-state index in [4.69, 9.17) is 0 Å². The van der Waals surface area contributed by atoms with Crippen molar-refractivity contribution < 1.29 is 9.59 Å². The van der Waals surface area contributed by atoms with Gasteiger partial charge in [0.05, 0.1) is 27.8 Å². The summed E-state index contributed by atoms with van der Waals surface area (Å²) in [5, 5.41) is 0. The molecule has 0 spiro atoms. The number of halogens is 1. The zero-order chi connectivity index (χ0) is 18.5. The van der Waals surface area contributed by atoms with Crippen LogP contribution in [0.25, 0.3) is 22.4 Å². The highest BCUT2D eigenvalue weighted by Crippen LogP contribution is 2.31. The second kappa shape index (κ2) is 5.85. The minimum Gasteiger partial charge on any atom is -0.338 e. The van der Waals surface area contributed by atoms with E-state index >= 15 is 0 Å². The maximum absolute atomic E-state index is 12.7. The van der Waals surface area contributed by atoms with E-state index in [0.717, 1.165) is 21.1 Å². The lowest BCUT2D eigenvalue weighted by molar-refractivity contribution is 0.0926. The minimum absolute atomic E-state index is 0.314. The van der Waals surface area contributed by atoms with E-state index in [1.54, 1.807) is 54.9 Å². The Bertz CT molecular complexity index is 1210. The summed E-state index contributed by atoms with van der Waals surface area (Å²) in [5.41, 5.74) is 3.67. The molecule has 3 heterocycles. The van der Waals surface area contributed by atoms with Crippen LogP contribution in [0.15, 0.2) is 65.4 Å². The van der Waals surface area contributed by atoms with Crippen molar-refractivity contribution in [2.24, 2.45) is 0 Å². The molecule has 0 atom stereocenters. The van der Waals surface area contributed by atoms with Gasteiger partial charge in [-0.1, -0.05) is 12.1 Å². The molecule has 27 heavy (non-hydrogen) atoms. The molecule has 0 saturated heterocycles. The molecule has 1 aliphatic rings. The summed E-state index contributed by atoms with van der Waals surface area (Å²) in [5.74, 6) is 0.0371. The highest BCUT2D eigenvalue weighted by Gasteiger charge is 2.36. The number of imide groups is 1. The number of carbonyl (C=O) groups excluding carboxylic acids is 2. The van der Waals surface area contributed by atoms with Crippen LogP contribution >= 0.6 is 15.9 Å². The highest BCUT2D eigenvalue weighted by molar-refractivity contribution is 9.10. The SMILES string of the molecule is O=C1c2ccccc2C(=O)N1c1ccc2nc(-c3cncc(Br)c3)[nH]c2c1. The topological polar surface area (TPSA) is 79.0 Å². The van der Waals surface area contributed by atoms with Gasteiger partial charge in [-0.05, 0) is 52.3 Å². The van der Waals surface area contributed by atoms with Crippen molar-refractivity contribution in [1.29, 1.82) is 0 Å². The number of hydrogen-bond donors (Lipinski definition) is 1. The van der Waals surface area contributed by atoms with Gasteiger partial charge in [0.1, 0.15) is 5.82 Å². The van der Waals surface area contributed by atoms with Crippen molar-refractivity contribution in [3.8, 4) is 11.4 Å². The smallest absolute Gasteiger partial charge is 0.266 e. The zero-order valence-electron chi connectivity index (χ0n) is 13.8. The summed E-state index contributed by atoms with van der Waals surface area (Å²) in [6, 6.07) is 14.0. The third-order valence-corrected chi connectivity index (χ3v) is 4.93. The summed E-state index contributed by atoms with van der Waals surface area (Å²) in [6.07, 6.45) is 3.42. The monoisotopic (exact) mass is 418 g/mol. The number of imidazole rings is 1. The molecule has 5 rings (SSSR count). The largest absolute Gasteiger partial charge is 0.338 e. The lowest BCUT2D eigenvalue weighted by Gasteiger charge is -2.13. The number of benzene rings is 2. The van der Waals surface area contributed by atoms with Crippen LogP contribution < -0.4 is 4.90 Å². The van der Waals surface area contributed by atoms with Crippen molar-refractivity contribution in [2.75, 3.05) is 4.90 Å². The number of rotatable bonds is 2. The summed E-state index contributed by atoms with van der Waals surface area (Å²) in [7, 11) is 0. The molecule has 0 saturated carbocycles. The Kier molecular flexibility index (Phi) is 3.45. The summed E-state index contributed by atoms with van der Waals surface area (Å²) < 4.78 is 0.854. The van der Waals surface area contributed by atoms with Gasteiger partial charge in [0.25, 0.3) is 11.8 Å². The first kappa shape index (κ1) is 15.9. The van der Waals surface area contributed by atoms with Gasteiger partial charge in [0.2, 0.25) is 0 Å². The molecule has 1 aliphatic heterocycles. The highest BCUT2D eigenvalue weighted by atomic mass is 79.9. The van der Waals surface area contributed by atoms with Crippen LogP contribution in [0.3, 0.4) is 0 Å². The van der Waals surface area contributed by atoms with E-state index < -0.39 is 0 Å². The van der Waals surface area contributed by atoms with Gasteiger partial charge in [0, 0.05) is 22.4 Å². The number of anilines is 1. The fraction of sp³-hybridized carbons (Fsp3) is 0. The lowest BCUT2D eigenvalue weighted by Crippen LogP contribution is -2.29. The number of amides is 2. The summed E-state index contributed by atoms with van der Waals surface area (Å²) in [6.45, 7) is 0.